The summed E-state index contributed by atoms with van der Waals surface area (Å²) in [6.45, 7) is 0. The van der Waals surface area contributed by atoms with Gasteiger partial charge in [-0.05, 0) is 23.8 Å². The van der Waals surface area contributed by atoms with Crippen LogP contribution in [-0.2, 0) is 12.6 Å². The molecule has 0 saturated heterocycles. The minimum Gasteiger partial charge on any atom is -0.386 e. The van der Waals surface area contributed by atoms with Crippen molar-refractivity contribution in [2.24, 2.45) is 0 Å². The topological polar surface area (TPSA) is 33.1 Å². The second-order valence-corrected chi connectivity index (χ2v) is 4.29. The van der Waals surface area contributed by atoms with Gasteiger partial charge in [0.1, 0.15) is 17.6 Å². The van der Waals surface area contributed by atoms with Gasteiger partial charge < -0.3 is 5.11 Å². The maximum atomic E-state index is 13.4. The maximum absolute atomic E-state index is 13.4. The van der Waals surface area contributed by atoms with Gasteiger partial charge in [-0.2, -0.15) is 13.2 Å². The summed E-state index contributed by atoms with van der Waals surface area (Å²) in [7, 11) is 0. The van der Waals surface area contributed by atoms with E-state index in [9.17, 15) is 22.7 Å². The molecule has 1 aromatic carbocycles. The van der Waals surface area contributed by atoms with E-state index in [0.717, 1.165) is 18.2 Å². The van der Waals surface area contributed by atoms with E-state index in [1.807, 2.05) is 0 Å². The number of halogens is 4. The minimum absolute atomic E-state index is 0.141. The Hall–Kier alpha value is -1.95. The van der Waals surface area contributed by atoms with Crippen LogP contribution in [0.1, 0.15) is 22.9 Å². The number of aliphatic hydroxyl groups is 1. The molecule has 6 heteroatoms. The van der Waals surface area contributed by atoms with Gasteiger partial charge in [-0.15, -0.1) is 0 Å². The molecule has 2 nitrogen and oxygen atoms in total. The molecule has 0 aliphatic rings. The van der Waals surface area contributed by atoms with E-state index < -0.39 is 23.7 Å². The van der Waals surface area contributed by atoms with Crippen LogP contribution < -0.4 is 0 Å². The first-order valence-electron chi connectivity index (χ1n) is 5.82. The van der Waals surface area contributed by atoms with Crippen LogP contribution in [-0.4, -0.2) is 10.1 Å². The van der Waals surface area contributed by atoms with E-state index in [2.05, 4.69) is 4.98 Å². The molecule has 0 saturated carbocycles. The molecule has 0 aliphatic carbocycles. The molecule has 0 aliphatic heterocycles. The fraction of sp³-hybridized carbons (Fsp3) is 0.214. The van der Waals surface area contributed by atoms with Crippen molar-refractivity contribution in [1.82, 2.24) is 4.98 Å². The maximum Gasteiger partial charge on any atom is 0.416 e. The van der Waals surface area contributed by atoms with E-state index in [0.29, 0.717) is 0 Å². The molecule has 1 unspecified atom stereocenters. The van der Waals surface area contributed by atoms with Crippen molar-refractivity contribution >= 4 is 0 Å². The zero-order valence-electron chi connectivity index (χ0n) is 10.2. The van der Waals surface area contributed by atoms with Crippen LogP contribution in [0.15, 0.2) is 42.6 Å². The molecular formula is C14H11F4NO. The molecular weight excluding hydrogens is 274 g/mol. The van der Waals surface area contributed by atoms with Crippen molar-refractivity contribution in [3.63, 3.8) is 0 Å². The van der Waals surface area contributed by atoms with Gasteiger partial charge in [-0.1, -0.05) is 18.2 Å². The molecule has 0 amide bonds. The smallest absolute Gasteiger partial charge is 0.386 e. The lowest BCUT2D eigenvalue weighted by Crippen LogP contribution is -2.09. The fourth-order valence-corrected chi connectivity index (χ4v) is 1.84. The number of hydrogen-bond donors (Lipinski definition) is 1. The predicted molar refractivity (Wildman–Crippen MR) is 64.3 cm³/mol. The van der Waals surface area contributed by atoms with Gasteiger partial charge >= 0.3 is 6.18 Å². The number of nitrogens with zero attached hydrogens (tertiary/aromatic N) is 1. The van der Waals surface area contributed by atoms with Crippen molar-refractivity contribution in [3.8, 4) is 0 Å². The van der Waals surface area contributed by atoms with Crippen molar-refractivity contribution in [3.05, 3.63) is 65.2 Å². The van der Waals surface area contributed by atoms with Gasteiger partial charge in [0, 0.05) is 12.6 Å². The Bertz CT molecular complexity index is 598. The molecule has 1 atom stereocenters. The quantitative estimate of drug-likeness (QED) is 0.875. The molecule has 0 fully saturated rings. The van der Waals surface area contributed by atoms with E-state index in [1.165, 1.54) is 24.4 Å². The van der Waals surface area contributed by atoms with Gasteiger partial charge in [-0.25, -0.2) is 4.39 Å². The number of aromatic nitrogens is 1. The standard InChI is InChI=1S/C14H11F4NO/c15-11-5-2-6-19-13(11)12(20)8-9-3-1-4-10(7-9)14(16,17)18/h1-7,12,20H,8H2. The SMILES string of the molecule is OC(Cc1cccc(C(F)(F)F)c1)c1ncccc1F. The lowest BCUT2D eigenvalue weighted by molar-refractivity contribution is -0.137. The Kier molecular flexibility index (Phi) is 4.04. The number of pyridine rings is 1. The summed E-state index contributed by atoms with van der Waals surface area (Å²) in [6.07, 6.45) is -4.57. The highest BCUT2D eigenvalue weighted by Gasteiger charge is 2.30. The molecule has 1 aromatic heterocycles. The summed E-state index contributed by atoms with van der Waals surface area (Å²) >= 11 is 0. The summed E-state index contributed by atoms with van der Waals surface area (Å²) in [6, 6.07) is 7.08. The van der Waals surface area contributed by atoms with Crippen molar-refractivity contribution in [2.75, 3.05) is 0 Å². The second kappa shape index (κ2) is 5.58. The van der Waals surface area contributed by atoms with Crippen LogP contribution in [0.25, 0.3) is 0 Å². The van der Waals surface area contributed by atoms with Crippen LogP contribution in [0.4, 0.5) is 17.6 Å². The Morgan fingerprint density at radius 3 is 2.55 bits per heavy atom. The first-order valence-corrected chi connectivity index (χ1v) is 5.82. The normalized spacial score (nSPS) is 13.2. The molecule has 0 radical (unpaired) electrons. The largest absolute Gasteiger partial charge is 0.416 e. The van der Waals surface area contributed by atoms with Crippen LogP contribution in [0, 0.1) is 5.82 Å². The van der Waals surface area contributed by atoms with Crippen LogP contribution in [0.5, 0.6) is 0 Å². The van der Waals surface area contributed by atoms with Crippen molar-refractivity contribution in [1.29, 1.82) is 0 Å². The highest BCUT2D eigenvalue weighted by molar-refractivity contribution is 5.27. The number of rotatable bonds is 3. The zero-order valence-corrected chi connectivity index (χ0v) is 10.2. The zero-order chi connectivity index (χ0) is 14.8. The monoisotopic (exact) mass is 285 g/mol. The molecule has 106 valence electrons. The molecule has 2 rings (SSSR count). The van der Waals surface area contributed by atoms with Gasteiger partial charge in [0.05, 0.1) is 5.56 Å². The first-order chi connectivity index (χ1) is 9.38. The highest BCUT2D eigenvalue weighted by atomic mass is 19.4. The van der Waals surface area contributed by atoms with Crippen LogP contribution >= 0.6 is 0 Å². The van der Waals surface area contributed by atoms with E-state index in [-0.39, 0.29) is 17.7 Å². The van der Waals surface area contributed by atoms with Gasteiger partial charge in [0.2, 0.25) is 0 Å². The average Bonchev–Trinajstić information content (AvgIpc) is 2.38. The highest BCUT2D eigenvalue weighted by Crippen LogP contribution is 2.30. The van der Waals surface area contributed by atoms with E-state index in [1.54, 1.807) is 0 Å². The van der Waals surface area contributed by atoms with Gasteiger partial charge in [0.15, 0.2) is 0 Å². The lowest BCUT2D eigenvalue weighted by atomic mass is 10.0. The third-order valence-electron chi connectivity index (χ3n) is 2.79. The molecule has 1 N–H and O–H groups in total. The van der Waals surface area contributed by atoms with Crippen molar-refractivity contribution in [2.45, 2.75) is 18.7 Å². The Morgan fingerprint density at radius 1 is 1.15 bits per heavy atom. The Balaban J connectivity index is 2.20. The number of aliphatic hydroxyl groups excluding tert-OH is 1. The average molecular weight is 285 g/mol. The predicted octanol–water partition coefficient (Wildman–Crippen LogP) is 3.52. The Morgan fingerprint density at radius 2 is 1.90 bits per heavy atom. The summed E-state index contributed by atoms with van der Waals surface area (Å²) in [5.41, 5.74) is -0.717. The van der Waals surface area contributed by atoms with Crippen molar-refractivity contribution < 1.29 is 22.7 Å². The minimum atomic E-state index is -4.45. The van der Waals surface area contributed by atoms with E-state index in [4.69, 9.17) is 0 Å². The fourth-order valence-electron chi connectivity index (χ4n) is 1.84. The molecule has 1 heterocycles. The van der Waals surface area contributed by atoms with Gasteiger partial charge in [-0.3, -0.25) is 4.98 Å². The third-order valence-corrected chi connectivity index (χ3v) is 2.79. The summed E-state index contributed by atoms with van der Waals surface area (Å²) in [5.74, 6) is -0.688. The molecule has 2 aromatic rings. The summed E-state index contributed by atoms with van der Waals surface area (Å²) < 4.78 is 51.1. The van der Waals surface area contributed by atoms with Crippen LogP contribution in [0.3, 0.4) is 0 Å². The lowest BCUT2D eigenvalue weighted by Gasteiger charge is -2.12. The summed E-state index contributed by atoms with van der Waals surface area (Å²) in [5, 5.41) is 9.86. The van der Waals surface area contributed by atoms with Crippen LogP contribution in [0.2, 0.25) is 0 Å². The van der Waals surface area contributed by atoms with E-state index >= 15 is 0 Å². The molecule has 0 bridgehead atoms. The first kappa shape index (κ1) is 14.5. The Labute approximate surface area is 112 Å². The third kappa shape index (κ3) is 3.33. The second-order valence-electron chi connectivity index (χ2n) is 4.29. The summed E-state index contributed by atoms with van der Waals surface area (Å²) in [4.78, 5) is 3.70. The number of alkyl halides is 3. The number of benzene rings is 1. The molecule has 0 spiro atoms. The van der Waals surface area contributed by atoms with Gasteiger partial charge in [0.25, 0.3) is 0 Å². The number of hydrogen-bond acceptors (Lipinski definition) is 2. The molecule has 20 heavy (non-hydrogen) atoms.